The number of para-hydroxylation sites is 2. The molecule has 6 rings (SSSR count). The van der Waals surface area contributed by atoms with Crippen LogP contribution in [-0.4, -0.2) is 9.52 Å². The molecule has 2 aliphatic rings. The highest BCUT2D eigenvalue weighted by atomic mass is 28.2. The van der Waals surface area contributed by atoms with Gasteiger partial charge in [-0.1, -0.05) is 60.7 Å². The van der Waals surface area contributed by atoms with Crippen molar-refractivity contribution in [3.63, 3.8) is 0 Å². The minimum absolute atomic E-state index is 0.486. The summed E-state index contributed by atoms with van der Waals surface area (Å²) in [4.78, 5) is 0. The van der Waals surface area contributed by atoms with Crippen molar-refractivity contribution in [2.75, 3.05) is 0 Å². The van der Waals surface area contributed by atoms with Crippen LogP contribution in [0.1, 0.15) is 11.1 Å². The molecule has 2 aliphatic heterocycles. The Hall–Kier alpha value is -3.30. The average Bonchev–Trinajstić information content (AvgIpc) is 2.75. The first-order valence-electron chi connectivity index (χ1n) is 9.61. The van der Waals surface area contributed by atoms with Gasteiger partial charge in [0, 0.05) is 6.42 Å². The fourth-order valence-electron chi connectivity index (χ4n) is 4.10. The third-order valence-corrected chi connectivity index (χ3v) is 7.54. The molecule has 0 spiro atoms. The minimum Gasteiger partial charge on any atom is -0.458 e. The molecule has 0 saturated heterocycles. The summed E-state index contributed by atoms with van der Waals surface area (Å²) < 4.78 is 12.4. The molecule has 28 heavy (non-hydrogen) atoms. The summed E-state index contributed by atoms with van der Waals surface area (Å²) in [5, 5.41) is 2.74. The summed E-state index contributed by atoms with van der Waals surface area (Å²) in [6.07, 6.45) is 0.918. The molecule has 4 aromatic rings. The minimum atomic E-state index is -0.486. The Balaban J connectivity index is 1.36. The van der Waals surface area contributed by atoms with Gasteiger partial charge in [0.05, 0.1) is 9.52 Å². The summed E-state index contributed by atoms with van der Waals surface area (Å²) in [5.41, 5.74) is 4.80. The molecule has 2 heterocycles. The largest absolute Gasteiger partial charge is 0.458 e. The third-order valence-electron chi connectivity index (χ3n) is 5.61. The van der Waals surface area contributed by atoms with E-state index in [0.717, 1.165) is 40.5 Å². The summed E-state index contributed by atoms with van der Waals surface area (Å²) >= 11 is 0. The van der Waals surface area contributed by atoms with Crippen molar-refractivity contribution < 1.29 is 9.47 Å². The summed E-state index contributed by atoms with van der Waals surface area (Å²) in [6.45, 7) is 0. The first kappa shape index (κ1) is 15.7. The first-order chi connectivity index (χ1) is 13.8. The Bertz CT molecular complexity index is 1130. The molecule has 0 aromatic heterocycles. The first-order valence-corrected chi connectivity index (χ1v) is 11.0. The van der Waals surface area contributed by atoms with Gasteiger partial charge in [0.15, 0.2) is 0 Å². The highest BCUT2D eigenvalue weighted by molar-refractivity contribution is 6.69. The van der Waals surface area contributed by atoms with E-state index in [2.05, 4.69) is 66.7 Å². The molecule has 3 heteroatoms. The van der Waals surface area contributed by atoms with Gasteiger partial charge in [0.2, 0.25) is 0 Å². The quantitative estimate of drug-likeness (QED) is 0.398. The second-order valence-corrected chi connectivity index (χ2v) is 9.30. The standard InChI is InChI=1S/C25H18O2Si/c1-2-6-20-18(5-1)13-19-10-9-16(14-22(19)26-20)17-11-12-25-23(15-17)27-21-7-3-4-8-24(21)28-25/h1-12,14-15H,13,28H2. The van der Waals surface area contributed by atoms with E-state index in [9.17, 15) is 0 Å². The van der Waals surface area contributed by atoms with Crippen molar-refractivity contribution in [1.29, 1.82) is 0 Å². The maximum absolute atomic E-state index is 6.20. The van der Waals surface area contributed by atoms with Crippen molar-refractivity contribution in [3.8, 4) is 34.1 Å². The fraction of sp³-hybridized carbons (Fsp3) is 0.0400. The van der Waals surface area contributed by atoms with E-state index in [-0.39, 0.29) is 0 Å². The van der Waals surface area contributed by atoms with E-state index in [1.54, 1.807) is 0 Å². The topological polar surface area (TPSA) is 18.5 Å². The number of benzene rings is 4. The van der Waals surface area contributed by atoms with Gasteiger partial charge < -0.3 is 9.47 Å². The van der Waals surface area contributed by atoms with Gasteiger partial charge in [-0.25, -0.2) is 0 Å². The van der Waals surface area contributed by atoms with Crippen LogP contribution in [0, 0.1) is 0 Å². The van der Waals surface area contributed by atoms with Gasteiger partial charge >= 0.3 is 0 Å². The predicted octanol–water partition coefficient (Wildman–Crippen LogP) is 4.28. The highest BCUT2D eigenvalue weighted by Crippen LogP contribution is 2.39. The lowest BCUT2D eigenvalue weighted by Crippen LogP contribution is -2.33. The van der Waals surface area contributed by atoms with Crippen LogP contribution >= 0.6 is 0 Å². The lowest BCUT2D eigenvalue weighted by molar-refractivity contribution is 0.460. The van der Waals surface area contributed by atoms with Crippen molar-refractivity contribution in [2.45, 2.75) is 6.42 Å². The molecule has 0 N–H and O–H groups in total. The lowest BCUT2D eigenvalue weighted by Gasteiger charge is -2.22. The number of ether oxygens (including phenoxy) is 2. The molecule has 0 atom stereocenters. The highest BCUT2D eigenvalue weighted by Gasteiger charge is 2.19. The third kappa shape index (κ3) is 2.55. The Morgan fingerprint density at radius 2 is 1.18 bits per heavy atom. The maximum atomic E-state index is 6.20. The molecule has 0 fully saturated rings. The van der Waals surface area contributed by atoms with Crippen LogP contribution < -0.4 is 19.8 Å². The molecule has 0 radical (unpaired) electrons. The van der Waals surface area contributed by atoms with E-state index < -0.39 is 9.52 Å². The Morgan fingerprint density at radius 3 is 2.11 bits per heavy atom. The molecular formula is C25H18O2Si. The van der Waals surface area contributed by atoms with Gasteiger partial charge in [-0.15, -0.1) is 0 Å². The van der Waals surface area contributed by atoms with Crippen molar-refractivity contribution in [3.05, 3.63) is 96.1 Å². The Kier molecular flexibility index (Phi) is 3.43. The molecule has 2 nitrogen and oxygen atoms in total. The van der Waals surface area contributed by atoms with E-state index in [1.807, 2.05) is 18.2 Å². The molecule has 134 valence electrons. The zero-order chi connectivity index (χ0) is 18.5. The maximum Gasteiger partial charge on any atom is 0.131 e. The number of hydrogen-bond acceptors (Lipinski definition) is 2. The van der Waals surface area contributed by atoms with Gasteiger partial charge in [0.1, 0.15) is 23.0 Å². The number of hydrogen-bond donors (Lipinski definition) is 0. The second kappa shape index (κ2) is 6.11. The average molecular weight is 379 g/mol. The van der Waals surface area contributed by atoms with Crippen LogP contribution in [0.3, 0.4) is 0 Å². The van der Waals surface area contributed by atoms with Crippen molar-refractivity contribution in [2.24, 2.45) is 0 Å². The molecule has 0 unspecified atom stereocenters. The van der Waals surface area contributed by atoms with E-state index >= 15 is 0 Å². The molecule has 4 aromatic carbocycles. The van der Waals surface area contributed by atoms with Gasteiger partial charge in [-0.3, -0.25) is 0 Å². The van der Waals surface area contributed by atoms with E-state index in [1.165, 1.54) is 21.5 Å². The van der Waals surface area contributed by atoms with Gasteiger partial charge in [-0.05, 0) is 56.9 Å². The molecule has 0 saturated carbocycles. The predicted molar refractivity (Wildman–Crippen MR) is 116 cm³/mol. The fourth-order valence-corrected chi connectivity index (χ4v) is 5.71. The second-order valence-electron chi connectivity index (χ2n) is 7.42. The number of fused-ring (bicyclic) bond motifs is 4. The van der Waals surface area contributed by atoms with Gasteiger partial charge in [0.25, 0.3) is 0 Å². The molecule has 0 aliphatic carbocycles. The lowest BCUT2D eigenvalue weighted by atomic mass is 9.97. The van der Waals surface area contributed by atoms with Crippen LogP contribution in [0.5, 0.6) is 23.0 Å². The SMILES string of the molecule is c1ccc2c(c1)Cc1ccc(-c3ccc4c(c3)Oc3ccccc3[SiH2]4)cc1O2. The molecule has 0 amide bonds. The molecule has 0 bridgehead atoms. The van der Waals surface area contributed by atoms with Crippen LogP contribution in [0.25, 0.3) is 11.1 Å². The zero-order valence-electron chi connectivity index (χ0n) is 15.3. The van der Waals surface area contributed by atoms with Crippen LogP contribution in [-0.2, 0) is 6.42 Å². The van der Waals surface area contributed by atoms with Crippen LogP contribution in [0.15, 0.2) is 84.9 Å². The monoisotopic (exact) mass is 378 g/mol. The Morgan fingerprint density at radius 1 is 0.536 bits per heavy atom. The van der Waals surface area contributed by atoms with Crippen LogP contribution in [0.4, 0.5) is 0 Å². The van der Waals surface area contributed by atoms with Crippen LogP contribution in [0.2, 0.25) is 0 Å². The smallest absolute Gasteiger partial charge is 0.131 e. The van der Waals surface area contributed by atoms with Crippen molar-refractivity contribution >= 4 is 19.9 Å². The molecular weight excluding hydrogens is 360 g/mol. The van der Waals surface area contributed by atoms with Gasteiger partial charge in [-0.2, -0.15) is 0 Å². The Labute approximate surface area is 166 Å². The van der Waals surface area contributed by atoms with Crippen molar-refractivity contribution in [1.82, 2.24) is 0 Å². The van der Waals surface area contributed by atoms with E-state index in [0.29, 0.717) is 0 Å². The number of rotatable bonds is 1. The summed E-state index contributed by atoms with van der Waals surface area (Å²) in [7, 11) is -0.486. The summed E-state index contributed by atoms with van der Waals surface area (Å²) in [6, 6.07) is 29.8. The summed E-state index contributed by atoms with van der Waals surface area (Å²) in [5.74, 6) is 3.94. The van der Waals surface area contributed by atoms with E-state index in [4.69, 9.17) is 9.47 Å². The zero-order valence-corrected chi connectivity index (χ0v) is 16.7. The normalized spacial score (nSPS) is 14.1.